The third-order valence-electron chi connectivity index (χ3n) is 0.289. The number of carbonyl (C=O) groups excluding carboxylic acids is 2. The maximum atomic E-state index is 8.35. The Morgan fingerprint density at radius 2 is 1.50 bits per heavy atom. The summed E-state index contributed by atoms with van der Waals surface area (Å²) >= 11 is 0. The van der Waals surface area contributed by atoms with E-state index >= 15 is 0 Å². The minimum absolute atomic E-state index is 0.750. The molecule has 0 spiro atoms. The van der Waals surface area contributed by atoms with Gasteiger partial charge in [-0.15, -0.1) is 6.58 Å². The van der Waals surface area contributed by atoms with Gasteiger partial charge in [-0.05, 0) is 6.42 Å². The van der Waals surface area contributed by atoms with Gasteiger partial charge in [-0.3, -0.25) is 0 Å². The second-order valence-electron chi connectivity index (χ2n) is 0.901. The fourth-order valence-corrected chi connectivity index (χ4v) is 0. The van der Waals surface area contributed by atoms with Gasteiger partial charge >= 0.3 is 0 Å². The Kier molecular flexibility index (Phi) is 80.1. The molecule has 56 valence electrons. The molecule has 0 heterocycles. The number of hydrogen-bond donors (Lipinski definition) is 2. The zero-order valence-electron chi connectivity index (χ0n) is 5.81. The smallest absolute Gasteiger partial charge is 0.222 e. The first-order valence-corrected chi connectivity index (χ1v) is 2.43. The van der Waals surface area contributed by atoms with Gasteiger partial charge < -0.3 is 0 Å². The third-order valence-corrected chi connectivity index (χ3v) is 0.289. The van der Waals surface area contributed by atoms with Crippen molar-refractivity contribution >= 4 is 12.2 Å². The van der Waals surface area contributed by atoms with Gasteiger partial charge in [0.15, 0.2) is 0 Å². The highest BCUT2D eigenvalue weighted by molar-refractivity contribution is 5.26. The van der Waals surface area contributed by atoms with Crippen LogP contribution in [0.2, 0.25) is 0 Å². The molecule has 0 aromatic heterocycles. The highest BCUT2D eigenvalue weighted by Crippen LogP contribution is 1.66. The van der Waals surface area contributed by atoms with Gasteiger partial charge in [0.05, 0.1) is 0 Å². The molecule has 0 aromatic carbocycles. The Morgan fingerprint density at radius 1 is 1.40 bits per heavy atom. The van der Waals surface area contributed by atoms with E-state index in [0.29, 0.717) is 0 Å². The van der Waals surface area contributed by atoms with Crippen molar-refractivity contribution in [3.05, 3.63) is 12.7 Å². The van der Waals surface area contributed by atoms with Crippen LogP contribution in [-0.2, 0) is 9.59 Å². The minimum atomic E-state index is 0.750. The van der Waals surface area contributed by atoms with Crippen LogP contribution in [-0.4, -0.2) is 12.2 Å². The van der Waals surface area contributed by atoms with Gasteiger partial charge in [-0.25, -0.2) is 20.4 Å². The first-order valence-electron chi connectivity index (χ1n) is 2.43. The van der Waals surface area contributed by atoms with Crippen molar-refractivity contribution in [2.45, 2.75) is 13.3 Å². The molecule has 0 bridgehead atoms. The highest BCUT2D eigenvalue weighted by Gasteiger charge is 1.45. The van der Waals surface area contributed by atoms with Crippen molar-refractivity contribution in [2.75, 3.05) is 0 Å². The number of rotatable bonds is 1. The number of isocyanates is 2. The van der Waals surface area contributed by atoms with Gasteiger partial charge in [-0.2, -0.15) is 0 Å². The Bertz CT molecular complexity index is 108. The summed E-state index contributed by atoms with van der Waals surface area (Å²) in [6, 6.07) is 0. The molecule has 0 fully saturated rings. The molecule has 2 N–H and O–H groups in total. The van der Waals surface area contributed by atoms with Crippen LogP contribution in [0.25, 0.3) is 0 Å². The summed E-state index contributed by atoms with van der Waals surface area (Å²) in [6.45, 7) is 5.54. The van der Waals surface area contributed by atoms with E-state index in [4.69, 9.17) is 20.4 Å². The Labute approximate surface area is 59.6 Å². The maximum absolute atomic E-state index is 8.35. The molecule has 0 amide bonds. The first kappa shape index (κ1) is 15.8. The van der Waals surface area contributed by atoms with Crippen LogP contribution < -0.4 is 0 Å². The molecule has 4 nitrogen and oxygen atoms in total. The Hall–Kier alpha value is -1.50. The molecule has 0 unspecified atom stereocenters. The van der Waals surface area contributed by atoms with Crippen molar-refractivity contribution in [3.8, 4) is 0 Å². The molecule has 0 aliphatic carbocycles. The number of hydrogen-bond acceptors (Lipinski definition) is 4. The molecule has 0 atom stereocenters. The standard InChI is InChI=1S/C4H8.2CHNO/c1-3-4-2;2*2-1-3/h3H,1,4H2,2H3;2*2H. The third kappa shape index (κ3) is 786. The fourth-order valence-electron chi connectivity index (χ4n) is 0. The van der Waals surface area contributed by atoms with Crippen molar-refractivity contribution in [3.63, 3.8) is 0 Å². The summed E-state index contributed by atoms with van der Waals surface area (Å²) in [5, 5.41) is 10.8. The summed E-state index contributed by atoms with van der Waals surface area (Å²) in [7, 11) is 0. The molecular weight excluding hydrogens is 132 g/mol. The van der Waals surface area contributed by atoms with Crippen LogP contribution in [0.15, 0.2) is 12.7 Å². The van der Waals surface area contributed by atoms with E-state index in [2.05, 4.69) is 13.5 Å². The predicted octanol–water partition coefficient (Wildman–Crippen LogP) is 1.38. The van der Waals surface area contributed by atoms with Gasteiger partial charge in [-0.1, -0.05) is 13.0 Å². The number of nitrogens with one attached hydrogen (secondary N) is 2. The zero-order valence-corrected chi connectivity index (χ0v) is 5.81. The summed E-state index contributed by atoms with van der Waals surface area (Å²) in [6.07, 6.45) is 4.46. The SMILES string of the molecule is C=CCC.N=C=O.N=C=O. The lowest BCUT2D eigenvalue weighted by molar-refractivity contribution is 0.562. The summed E-state index contributed by atoms with van der Waals surface area (Å²) < 4.78 is 0. The molecule has 0 aliphatic rings. The number of allylic oxidation sites excluding steroid dienone is 1. The van der Waals surface area contributed by atoms with E-state index < -0.39 is 0 Å². The molecule has 10 heavy (non-hydrogen) atoms. The lowest BCUT2D eigenvalue weighted by atomic mass is 10.5. The molecular formula is C6H10N2O2. The van der Waals surface area contributed by atoms with E-state index in [-0.39, 0.29) is 0 Å². The molecule has 4 heteroatoms. The Morgan fingerprint density at radius 3 is 1.50 bits per heavy atom. The normalized spacial score (nSPS) is 4.10. The molecule has 0 saturated carbocycles. The largest absolute Gasteiger partial charge is 0.231 e. The zero-order chi connectivity index (χ0) is 8.83. The van der Waals surface area contributed by atoms with Crippen LogP contribution in [0.5, 0.6) is 0 Å². The fraction of sp³-hybridized carbons (Fsp3) is 0.333. The van der Waals surface area contributed by atoms with Crippen LogP contribution >= 0.6 is 0 Å². The molecule has 0 aliphatic heterocycles. The summed E-state index contributed by atoms with van der Waals surface area (Å²) in [5.74, 6) is 0. The first-order chi connectivity index (χ1) is 4.74. The molecule has 0 aromatic rings. The minimum Gasteiger partial charge on any atom is -0.222 e. The van der Waals surface area contributed by atoms with Crippen molar-refractivity contribution in [2.24, 2.45) is 0 Å². The van der Waals surface area contributed by atoms with E-state index in [0.717, 1.165) is 18.6 Å². The van der Waals surface area contributed by atoms with Gasteiger partial charge in [0, 0.05) is 0 Å². The van der Waals surface area contributed by atoms with E-state index in [1.807, 2.05) is 6.08 Å². The molecule has 0 radical (unpaired) electrons. The quantitative estimate of drug-likeness (QED) is 0.329. The molecule has 0 rings (SSSR count). The van der Waals surface area contributed by atoms with E-state index in [9.17, 15) is 0 Å². The second kappa shape index (κ2) is 50.7. The second-order valence-corrected chi connectivity index (χ2v) is 0.901. The lowest BCUT2D eigenvalue weighted by Gasteiger charge is -1.57. The monoisotopic (exact) mass is 142 g/mol. The van der Waals surface area contributed by atoms with Crippen LogP contribution in [0.3, 0.4) is 0 Å². The van der Waals surface area contributed by atoms with Crippen molar-refractivity contribution in [1.82, 2.24) is 0 Å². The predicted molar refractivity (Wildman–Crippen MR) is 37.3 cm³/mol. The average Bonchev–Trinajstić information content (AvgIpc) is 1.91. The lowest BCUT2D eigenvalue weighted by Crippen LogP contribution is -1.36. The van der Waals surface area contributed by atoms with Gasteiger partial charge in [0.25, 0.3) is 0 Å². The van der Waals surface area contributed by atoms with Crippen LogP contribution in [0.1, 0.15) is 13.3 Å². The van der Waals surface area contributed by atoms with Gasteiger partial charge in [0.2, 0.25) is 12.2 Å². The maximum Gasteiger partial charge on any atom is 0.231 e. The topological polar surface area (TPSA) is 81.8 Å². The summed E-state index contributed by atoms with van der Waals surface area (Å²) in [5.41, 5.74) is 0. The van der Waals surface area contributed by atoms with Gasteiger partial charge in [0.1, 0.15) is 0 Å². The Balaban J connectivity index is -0.0000000750. The van der Waals surface area contributed by atoms with Crippen LogP contribution in [0, 0.1) is 10.8 Å². The van der Waals surface area contributed by atoms with E-state index in [1.165, 1.54) is 0 Å². The molecule has 0 saturated heterocycles. The highest BCUT2D eigenvalue weighted by atomic mass is 16.1. The van der Waals surface area contributed by atoms with E-state index in [1.54, 1.807) is 0 Å². The van der Waals surface area contributed by atoms with Crippen LogP contribution in [0.4, 0.5) is 0 Å². The van der Waals surface area contributed by atoms with Crippen molar-refractivity contribution in [1.29, 1.82) is 10.8 Å². The summed E-state index contributed by atoms with van der Waals surface area (Å²) in [4.78, 5) is 16.7. The van der Waals surface area contributed by atoms with Crippen molar-refractivity contribution < 1.29 is 9.59 Å². The average molecular weight is 142 g/mol.